The molecule has 0 aliphatic heterocycles. The van der Waals surface area contributed by atoms with Crippen LogP contribution in [0.5, 0.6) is 0 Å². The van der Waals surface area contributed by atoms with E-state index >= 15 is 0 Å². The average Bonchev–Trinajstić information content (AvgIpc) is 2.91. The van der Waals surface area contributed by atoms with Gasteiger partial charge < -0.3 is 5.11 Å². The molecule has 0 amide bonds. The predicted molar refractivity (Wildman–Crippen MR) is 89.8 cm³/mol. The lowest BCUT2D eigenvalue weighted by atomic mass is 10.1. The number of hydrogen-bond donors (Lipinski definition) is 1. The lowest BCUT2D eigenvalue weighted by Crippen LogP contribution is -2.03. The summed E-state index contributed by atoms with van der Waals surface area (Å²) in [6.07, 6.45) is 7.61. The van der Waals surface area contributed by atoms with Gasteiger partial charge in [-0.3, -0.25) is 4.79 Å². The van der Waals surface area contributed by atoms with E-state index in [1.54, 1.807) is 0 Å². The molecule has 5 nitrogen and oxygen atoms in total. The van der Waals surface area contributed by atoms with Crippen LogP contribution in [0.25, 0.3) is 5.69 Å². The lowest BCUT2D eigenvalue weighted by Gasteiger charge is -2.07. The third-order valence-corrected chi connectivity index (χ3v) is 4.01. The van der Waals surface area contributed by atoms with Crippen molar-refractivity contribution in [2.75, 3.05) is 0 Å². The first-order valence-corrected chi connectivity index (χ1v) is 8.37. The third-order valence-electron chi connectivity index (χ3n) is 4.01. The lowest BCUT2D eigenvalue weighted by molar-refractivity contribution is -0.137. The number of unbranched alkanes of at least 4 members (excludes halogenated alkanes) is 5. The number of aromatic nitrogens is 3. The van der Waals surface area contributed by atoms with Crippen LogP contribution in [0.15, 0.2) is 30.3 Å². The molecule has 0 aliphatic carbocycles. The van der Waals surface area contributed by atoms with Gasteiger partial charge in [0.1, 0.15) is 0 Å². The van der Waals surface area contributed by atoms with Gasteiger partial charge in [-0.1, -0.05) is 49.1 Å². The standard InChI is InChI=1S/C18H25N3O2/c1-15-17(13-9-4-2-3-5-10-14-18(22)23)21(20-19-15)16-11-7-6-8-12-16/h6-8,11-12H,2-5,9-10,13-14H2,1H3,(H,22,23). The van der Waals surface area contributed by atoms with Gasteiger partial charge in [-0.05, 0) is 38.3 Å². The number of aliphatic carboxylic acids is 1. The Labute approximate surface area is 137 Å². The number of para-hydroxylation sites is 1. The molecule has 0 atom stereocenters. The zero-order valence-electron chi connectivity index (χ0n) is 13.7. The van der Waals surface area contributed by atoms with Crippen LogP contribution in [0.4, 0.5) is 0 Å². The van der Waals surface area contributed by atoms with Crippen LogP contribution in [0, 0.1) is 6.92 Å². The van der Waals surface area contributed by atoms with Crippen molar-refractivity contribution in [3.05, 3.63) is 41.7 Å². The minimum atomic E-state index is -0.692. The molecule has 0 aliphatic rings. The maximum Gasteiger partial charge on any atom is 0.303 e. The second-order valence-corrected chi connectivity index (χ2v) is 5.88. The summed E-state index contributed by atoms with van der Waals surface area (Å²) in [7, 11) is 0. The summed E-state index contributed by atoms with van der Waals surface area (Å²) in [5.74, 6) is -0.692. The highest BCUT2D eigenvalue weighted by Gasteiger charge is 2.10. The molecule has 5 heteroatoms. The fourth-order valence-electron chi connectivity index (χ4n) is 2.72. The van der Waals surface area contributed by atoms with E-state index in [0.29, 0.717) is 6.42 Å². The Bertz CT molecular complexity index is 608. The van der Waals surface area contributed by atoms with Crippen LogP contribution >= 0.6 is 0 Å². The fraction of sp³-hybridized carbons (Fsp3) is 0.500. The maximum atomic E-state index is 10.4. The summed E-state index contributed by atoms with van der Waals surface area (Å²) in [4.78, 5) is 10.4. The largest absolute Gasteiger partial charge is 0.481 e. The Balaban J connectivity index is 1.74. The van der Waals surface area contributed by atoms with Crippen LogP contribution in [0.1, 0.15) is 56.3 Å². The molecule has 2 rings (SSSR count). The van der Waals surface area contributed by atoms with Gasteiger partial charge in [-0.2, -0.15) is 0 Å². The molecular formula is C18H25N3O2. The van der Waals surface area contributed by atoms with Gasteiger partial charge in [0.05, 0.1) is 17.1 Å². The minimum Gasteiger partial charge on any atom is -0.481 e. The van der Waals surface area contributed by atoms with Crippen LogP contribution in [-0.4, -0.2) is 26.1 Å². The molecule has 1 aromatic carbocycles. The molecule has 2 aromatic rings. The molecule has 0 spiro atoms. The first-order valence-electron chi connectivity index (χ1n) is 8.37. The predicted octanol–water partition coefficient (Wildman–Crippen LogP) is 3.93. The van der Waals surface area contributed by atoms with E-state index in [9.17, 15) is 4.79 Å². The Hall–Kier alpha value is -2.17. The van der Waals surface area contributed by atoms with E-state index in [1.807, 2.05) is 41.9 Å². The van der Waals surface area contributed by atoms with Crippen LogP contribution < -0.4 is 0 Å². The summed E-state index contributed by atoms with van der Waals surface area (Å²) in [6, 6.07) is 10.1. The molecule has 1 aromatic heterocycles. The van der Waals surface area contributed by atoms with Gasteiger partial charge in [-0.25, -0.2) is 4.68 Å². The van der Waals surface area contributed by atoms with Crippen molar-refractivity contribution in [1.82, 2.24) is 15.0 Å². The monoisotopic (exact) mass is 315 g/mol. The summed E-state index contributed by atoms with van der Waals surface area (Å²) < 4.78 is 1.93. The van der Waals surface area contributed by atoms with E-state index in [0.717, 1.165) is 56.3 Å². The topological polar surface area (TPSA) is 68.0 Å². The molecule has 124 valence electrons. The molecule has 23 heavy (non-hydrogen) atoms. The highest BCUT2D eigenvalue weighted by atomic mass is 16.4. The van der Waals surface area contributed by atoms with Gasteiger partial charge in [0, 0.05) is 6.42 Å². The SMILES string of the molecule is Cc1nnn(-c2ccccc2)c1CCCCCCCCC(=O)O. The van der Waals surface area contributed by atoms with Gasteiger partial charge in [0.2, 0.25) is 0 Å². The molecule has 0 saturated carbocycles. The number of nitrogens with zero attached hydrogens (tertiary/aromatic N) is 3. The van der Waals surface area contributed by atoms with Crippen LogP contribution in [0.3, 0.4) is 0 Å². The molecule has 0 radical (unpaired) electrons. The zero-order valence-corrected chi connectivity index (χ0v) is 13.7. The Morgan fingerprint density at radius 2 is 1.70 bits per heavy atom. The molecule has 1 heterocycles. The fourth-order valence-corrected chi connectivity index (χ4v) is 2.72. The van der Waals surface area contributed by atoms with Crippen LogP contribution in [-0.2, 0) is 11.2 Å². The van der Waals surface area contributed by atoms with Gasteiger partial charge >= 0.3 is 5.97 Å². The Kier molecular flexibility index (Phi) is 6.78. The van der Waals surface area contributed by atoms with E-state index < -0.39 is 5.97 Å². The molecule has 0 unspecified atom stereocenters. The number of carboxylic acid groups (broad SMARTS) is 1. The quantitative estimate of drug-likeness (QED) is 0.674. The number of rotatable bonds is 10. The molecular weight excluding hydrogens is 290 g/mol. The first kappa shape index (κ1) is 17.2. The molecule has 0 fully saturated rings. The van der Waals surface area contributed by atoms with E-state index in [-0.39, 0.29) is 0 Å². The van der Waals surface area contributed by atoms with Gasteiger partial charge in [0.25, 0.3) is 0 Å². The summed E-state index contributed by atoms with van der Waals surface area (Å²) in [5, 5.41) is 17.1. The first-order chi connectivity index (χ1) is 11.2. The number of carboxylic acids is 1. The van der Waals surface area contributed by atoms with Crippen molar-refractivity contribution in [3.63, 3.8) is 0 Å². The van der Waals surface area contributed by atoms with E-state index in [2.05, 4.69) is 10.3 Å². The number of hydrogen-bond acceptors (Lipinski definition) is 3. The number of carbonyl (C=O) groups is 1. The highest BCUT2D eigenvalue weighted by Crippen LogP contribution is 2.16. The van der Waals surface area contributed by atoms with Crippen molar-refractivity contribution in [3.8, 4) is 5.69 Å². The summed E-state index contributed by atoms with van der Waals surface area (Å²) in [6.45, 7) is 2.01. The minimum absolute atomic E-state index is 0.293. The number of benzene rings is 1. The van der Waals surface area contributed by atoms with E-state index in [4.69, 9.17) is 5.11 Å². The van der Waals surface area contributed by atoms with Crippen molar-refractivity contribution < 1.29 is 9.90 Å². The van der Waals surface area contributed by atoms with E-state index in [1.165, 1.54) is 5.69 Å². The molecule has 0 bridgehead atoms. The van der Waals surface area contributed by atoms with Crippen LogP contribution in [0.2, 0.25) is 0 Å². The maximum absolute atomic E-state index is 10.4. The van der Waals surface area contributed by atoms with Crippen molar-refractivity contribution in [2.24, 2.45) is 0 Å². The zero-order chi connectivity index (χ0) is 16.5. The highest BCUT2D eigenvalue weighted by molar-refractivity contribution is 5.66. The van der Waals surface area contributed by atoms with Crippen molar-refractivity contribution in [2.45, 2.75) is 58.3 Å². The molecule has 1 N–H and O–H groups in total. The Morgan fingerprint density at radius 1 is 1.04 bits per heavy atom. The average molecular weight is 315 g/mol. The molecule has 0 saturated heterocycles. The van der Waals surface area contributed by atoms with Crippen molar-refractivity contribution in [1.29, 1.82) is 0 Å². The second-order valence-electron chi connectivity index (χ2n) is 5.88. The van der Waals surface area contributed by atoms with Gasteiger partial charge in [-0.15, -0.1) is 5.10 Å². The smallest absolute Gasteiger partial charge is 0.303 e. The third kappa shape index (κ3) is 5.51. The Morgan fingerprint density at radius 3 is 2.39 bits per heavy atom. The second kappa shape index (κ2) is 9.08. The van der Waals surface area contributed by atoms with Crippen molar-refractivity contribution >= 4 is 5.97 Å². The summed E-state index contributed by atoms with van der Waals surface area (Å²) in [5.41, 5.74) is 3.23. The normalized spacial score (nSPS) is 10.8. The summed E-state index contributed by atoms with van der Waals surface area (Å²) >= 11 is 0. The van der Waals surface area contributed by atoms with Gasteiger partial charge in [0.15, 0.2) is 0 Å². The number of aryl methyl sites for hydroxylation is 1.